The van der Waals surface area contributed by atoms with Crippen LogP contribution in [0.5, 0.6) is 0 Å². The largest absolute Gasteiger partial charge is 0.322 e. The lowest BCUT2D eigenvalue weighted by molar-refractivity contribution is 0.102. The molecule has 3 rings (SSSR count). The molecule has 0 saturated carbocycles. The van der Waals surface area contributed by atoms with Crippen molar-refractivity contribution in [2.24, 2.45) is 0 Å². The number of sulfonamides is 1. The second-order valence-electron chi connectivity index (χ2n) is 6.21. The van der Waals surface area contributed by atoms with Crippen molar-refractivity contribution in [2.45, 2.75) is 17.4 Å². The molecule has 1 saturated heterocycles. The van der Waals surface area contributed by atoms with E-state index in [4.69, 9.17) is 0 Å². The molecule has 1 heterocycles. The van der Waals surface area contributed by atoms with E-state index in [0.29, 0.717) is 11.3 Å². The van der Waals surface area contributed by atoms with Gasteiger partial charge in [-0.15, -0.1) is 0 Å². The molecule has 1 atom stereocenters. The first-order chi connectivity index (χ1) is 12.6. The number of anilines is 1. The molecule has 1 fully saturated rings. The first-order valence-electron chi connectivity index (χ1n) is 8.04. The third-order valence-corrected chi connectivity index (χ3v) is 7.86. The van der Waals surface area contributed by atoms with Gasteiger partial charge in [-0.25, -0.2) is 21.6 Å². The van der Waals surface area contributed by atoms with Crippen LogP contribution in [0.25, 0.3) is 0 Å². The van der Waals surface area contributed by atoms with Crippen LogP contribution in [0.4, 0.5) is 5.69 Å². The van der Waals surface area contributed by atoms with Crippen molar-refractivity contribution in [1.82, 2.24) is 4.72 Å². The fraction of sp³-hybridized carbons (Fsp3) is 0.235. The molecule has 27 heavy (non-hydrogen) atoms. The summed E-state index contributed by atoms with van der Waals surface area (Å²) in [5, 5.41) is 2.72. The Bertz CT molecular complexity index is 1070. The van der Waals surface area contributed by atoms with Gasteiger partial charge in [0.1, 0.15) is 0 Å². The number of halogens is 1. The number of carbonyl (C=O) groups excluding carboxylic acids is 1. The molecular formula is C17H17BrN2O5S2. The summed E-state index contributed by atoms with van der Waals surface area (Å²) in [6, 6.07) is 11.9. The van der Waals surface area contributed by atoms with Gasteiger partial charge >= 0.3 is 0 Å². The molecule has 0 unspecified atom stereocenters. The van der Waals surface area contributed by atoms with Crippen molar-refractivity contribution in [3.63, 3.8) is 0 Å². The van der Waals surface area contributed by atoms with Gasteiger partial charge in [0.2, 0.25) is 10.0 Å². The first-order valence-corrected chi connectivity index (χ1v) is 12.1. The number of nitrogens with one attached hydrogen (secondary N) is 2. The van der Waals surface area contributed by atoms with Crippen LogP contribution in [-0.4, -0.2) is 40.3 Å². The van der Waals surface area contributed by atoms with E-state index < -0.39 is 25.9 Å². The minimum Gasteiger partial charge on any atom is -0.322 e. The molecular weight excluding hydrogens is 456 g/mol. The summed E-state index contributed by atoms with van der Waals surface area (Å²) in [4.78, 5) is 12.3. The molecule has 7 nitrogen and oxygen atoms in total. The van der Waals surface area contributed by atoms with Crippen LogP contribution in [0, 0.1) is 0 Å². The fourth-order valence-corrected chi connectivity index (χ4v) is 6.18. The fourth-order valence-electron chi connectivity index (χ4n) is 2.73. The van der Waals surface area contributed by atoms with E-state index in [1.54, 1.807) is 18.2 Å². The van der Waals surface area contributed by atoms with Crippen molar-refractivity contribution >= 4 is 47.4 Å². The van der Waals surface area contributed by atoms with Gasteiger partial charge in [-0.2, -0.15) is 0 Å². The highest BCUT2D eigenvalue weighted by atomic mass is 79.9. The Balaban J connectivity index is 1.69. The summed E-state index contributed by atoms with van der Waals surface area (Å²) >= 11 is 3.32. The molecule has 0 aliphatic carbocycles. The third kappa shape index (κ3) is 5.16. The lowest BCUT2D eigenvalue weighted by Gasteiger charge is -2.12. The molecule has 1 aliphatic heterocycles. The van der Waals surface area contributed by atoms with Gasteiger partial charge in [0.25, 0.3) is 5.91 Å². The second kappa shape index (κ2) is 7.70. The highest BCUT2D eigenvalue weighted by Crippen LogP contribution is 2.18. The molecule has 0 radical (unpaired) electrons. The number of amides is 1. The van der Waals surface area contributed by atoms with Gasteiger partial charge in [-0.05, 0) is 48.9 Å². The summed E-state index contributed by atoms with van der Waals surface area (Å²) in [7, 11) is -7.04. The van der Waals surface area contributed by atoms with Crippen molar-refractivity contribution in [3.05, 3.63) is 58.6 Å². The zero-order valence-corrected chi connectivity index (χ0v) is 17.3. The Morgan fingerprint density at radius 2 is 1.81 bits per heavy atom. The van der Waals surface area contributed by atoms with Crippen molar-refractivity contribution in [3.8, 4) is 0 Å². The number of rotatable bonds is 5. The highest BCUT2D eigenvalue weighted by molar-refractivity contribution is 9.10. The summed E-state index contributed by atoms with van der Waals surface area (Å²) in [6.07, 6.45) is 0.259. The minimum absolute atomic E-state index is 0.0190. The van der Waals surface area contributed by atoms with Crippen LogP contribution < -0.4 is 10.0 Å². The van der Waals surface area contributed by atoms with E-state index in [1.807, 2.05) is 6.07 Å². The SMILES string of the molecule is O=C(Nc1cccc(Br)c1)c1ccc(S(=O)(=O)N[C@H]2CCS(=O)(=O)C2)cc1. The number of hydrogen-bond donors (Lipinski definition) is 2. The Labute approximate surface area is 166 Å². The maximum absolute atomic E-state index is 12.4. The van der Waals surface area contributed by atoms with E-state index >= 15 is 0 Å². The van der Waals surface area contributed by atoms with Crippen molar-refractivity contribution in [1.29, 1.82) is 0 Å². The van der Waals surface area contributed by atoms with Crippen molar-refractivity contribution < 1.29 is 21.6 Å². The van der Waals surface area contributed by atoms with Gasteiger partial charge < -0.3 is 5.32 Å². The van der Waals surface area contributed by atoms with Gasteiger partial charge in [0.15, 0.2) is 9.84 Å². The van der Waals surface area contributed by atoms with E-state index in [1.165, 1.54) is 24.3 Å². The molecule has 2 aromatic rings. The standard InChI is InChI=1S/C17H17BrN2O5S2/c18-13-2-1-3-14(10-13)19-17(21)12-4-6-16(7-5-12)27(24,25)20-15-8-9-26(22,23)11-15/h1-7,10,15,20H,8-9,11H2,(H,19,21)/t15-/m0/s1. The molecule has 0 spiro atoms. The predicted molar refractivity (Wildman–Crippen MR) is 106 cm³/mol. The Morgan fingerprint density at radius 1 is 1.11 bits per heavy atom. The Morgan fingerprint density at radius 3 is 2.41 bits per heavy atom. The van der Waals surface area contributed by atoms with Gasteiger partial charge in [0.05, 0.1) is 16.4 Å². The molecule has 10 heteroatoms. The first kappa shape index (κ1) is 20.0. The molecule has 0 bridgehead atoms. The van der Waals surface area contributed by atoms with Crippen molar-refractivity contribution in [2.75, 3.05) is 16.8 Å². The smallest absolute Gasteiger partial charge is 0.255 e. The predicted octanol–water partition coefficient (Wildman–Crippen LogP) is 2.17. The molecule has 1 amide bonds. The van der Waals surface area contributed by atoms with Gasteiger partial charge in [-0.1, -0.05) is 22.0 Å². The molecule has 144 valence electrons. The van der Waals surface area contributed by atoms with Crippen LogP contribution in [-0.2, 0) is 19.9 Å². The van der Waals surface area contributed by atoms with E-state index in [9.17, 15) is 21.6 Å². The van der Waals surface area contributed by atoms with Crippen LogP contribution in [0.3, 0.4) is 0 Å². The third-order valence-electron chi connectivity index (χ3n) is 4.06. The zero-order valence-electron chi connectivity index (χ0n) is 14.1. The quantitative estimate of drug-likeness (QED) is 0.692. The van der Waals surface area contributed by atoms with Crippen LogP contribution >= 0.6 is 15.9 Å². The summed E-state index contributed by atoms with van der Waals surface area (Å²) in [5.74, 6) is -0.583. The molecule has 2 aromatic carbocycles. The highest BCUT2D eigenvalue weighted by Gasteiger charge is 2.31. The summed E-state index contributed by atoms with van der Waals surface area (Å²) in [5.41, 5.74) is 0.910. The Kier molecular flexibility index (Phi) is 5.71. The lowest BCUT2D eigenvalue weighted by atomic mass is 10.2. The second-order valence-corrected chi connectivity index (χ2v) is 11.1. The molecule has 1 aliphatic rings. The zero-order chi connectivity index (χ0) is 19.7. The number of sulfone groups is 1. The lowest BCUT2D eigenvalue weighted by Crippen LogP contribution is -2.35. The van der Waals surface area contributed by atoms with E-state index in [2.05, 4.69) is 26.0 Å². The number of hydrogen-bond acceptors (Lipinski definition) is 5. The van der Waals surface area contributed by atoms with E-state index in [0.717, 1.165) is 4.47 Å². The average molecular weight is 473 g/mol. The Hall–Kier alpha value is -1.75. The minimum atomic E-state index is -3.85. The van der Waals surface area contributed by atoms with E-state index in [-0.39, 0.29) is 28.7 Å². The van der Waals surface area contributed by atoms with Gasteiger partial charge in [-0.3, -0.25) is 4.79 Å². The average Bonchev–Trinajstić information content (AvgIpc) is 2.93. The monoisotopic (exact) mass is 472 g/mol. The maximum Gasteiger partial charge on any atom is 0.255 e. The van der Waals surface area contributed by atoms with Crippen LogP contribution in [0.1, 0.15) is 16.8 Å². The van der Waals surface area contributed by atoms with Gasteiger partial charge in [0, 0.05) is 21.8 Å². The van der Waals surface area contributed by atoms with Crippen LogP contribution in [0.2, 0.25) is 0 Å². The summed E-state index contributed by atoms with van der Waals surface area (Å²) < 4.78 is 51.0. The number of carbonyl (C=O) groups is 1. The topological polar surface area (TPSA) is 109 Å². The normalized spacial score (nSPS) is 18.9. The number of benzene rings is 2. The molecule has 0 aromatic heterocycles. The summed E-state index contributed by atoms with van der Waals surface area (Å²) in [6.45, 7) is 0. The maximum atomic E-state index is 12.4. The van der Waals surface area contributed by atoms with Crippen LogP contribution in [0.15, 0.2) is 57.9 Å². The molecule has 2 N–H and O–H groups in total.